The molecule has 2 unspecified atom stereocenters. The summed E-state index contributed by atoms with van der Waals surface area (Å²) in [6.45, 7) is 14.5. The van der Waals surface area contributed by atoms with Crippen molar-refractivity contribution in [1.29, 1.82) is 0 Å². The van der Waals surface area contributed by atoms with Gasteiger partial charge >= 0.3 is 0 Å². The van der Waals surface area contributed by atoms with Gasteiger partial charge in [0.25, 0.3) is 0 Å². The Kier molecular flexibility index (Phi) is 4.25. The Balaban J connectivity index is 2.22. The van der Waals surface area contributed by atoms with Crippen molar-refractivity contribution in [3.05, 3.63) is 0 Å². The zero-order chi connectivity index (χ0) is 15.2. The van der Waals surface area contributed by atoms with Crippen LogP contribution < -0.4 is 0 Å². The maximum absolute atomic E-state index is 12.5. The Morgan fingerprint density at radius 2 is 1.85 bits per heavy atom. The quantitative estimate of drug-likeness (QED) is 0.709. The van der Waals surface area contributed by atoms with E-state index in [2.05, 4.69) is 40.4 Å². The lowest BCUT2D eigenvalue weighted by Gasteiger charge is -2.56. The number of carbonyl (C=O) groups is 1. The van der Waals surface area contributed by atoms with Crippen LogP contribution in [0.1, 0.15) is 52.9 Å². The summed E-state index contributed by atoms with van der Waals surface area (Å²) < 4.78 is 6.14. The predicted molar refractivity (Wildman–Crippen MR) is 86.3 cm³/mol. The third-order valence-corrected chi connectivity index (χ3v) is 6.86. The summed E-state index contributed by atoms with van der Waals surface area (Å²) in [4.78, 5) is 12.5. The first-order valence-corrected chi connectivity index (χ1v) is 11.6. The minimum Gasteiger partial charge on any atom is -0.417 e. The fraction of sp³-hybridized carbons (Fsp3) is 0.941. The van der Waals surface area contributed by atoms with Crippen molar-refractivity contribution < 1.29 is 9.22 Å². The van der Waals surface area contributed by atoms with Crippen LogP contribution in [0.2, 0.25) is 19.6 Å². The smallest absolute Gasteiger partial charge is 0.183 e. The average molecular weight is 297 g/mol. The van der Waals surface area contributed by atoms with Crippen LogP contribution in [0, 0.1) is 22.7 Å². The second kappa shape index (κ2) is 5.24. The highest BCUT2D eigenvalue weighted by Gasteiger charge is 2.54. The van der Waals surface area contributed by atoms with Gasteiger partial charge in [-0.2, -0.15) is 0 Å². The molecule has 0 heterocycles. The van der Waals surface area contributed by atoms with Gasteiger partial charge in [-0.1, -0.05) is 27.2 Å². The van der Waals surface area contributed by atoms with E-state index in [-0.39, 0.29) is 11.3 Å². The lowest BCUT2D eigenvalue weighted by atomic mass is 9.48. The molecule has 2 nitrogen and oxygen atoms in total. The molecule has 20 heavy (non-hydrogen) atoms. The number of Topliss-reactive ketones (excluding diaryl/α,β-unsaturated/α-hetero) is 1. The molecule has 0 aromatic rings. The van der Waals surface area contributed by atoms with E-state index in [9.17, 15) is 4.79 Å². The second-order valence-corrected chi connectivity index (χ2v) is 13.4. The van der Waals surface area contributed by atoms with Crippen LogP contribution in [0.4, 0.5) is 0 Å². The number of ketones is 1. The summed E-state index contributed by atoms with van der Waals surface area (Å²) in [6.07, 6.45) is 5.63. The van der Waals surface area contributed by atoms with Gasteiger partial charge in [0.15, 0.2) is 8.32 Å². The molecule has 2 fully saturated rings. The molecule has 0 aliphatic heterocycles. The van der Waals surface area contributed by atoms with Gasteiger partial charge in [0, 0.05) is 18.9 Å². The minimum absolute atomic E-state index is 0.132. The summed E-state index contributed by atoms with van der Waals surface area (Å²) in [5.41, 5.74) is 0.543. The van der Waals surface area contributed by atoms with Crippen LogP contribution in [0.5, 0.6) is 0 Å². The van der Waals surface area contributed by atoms with E-state index >= 15 is 0 Å². The van der Waals surface area contributed by atoms with Crippen molar-refractivity contribution in [3.8, 4) is 0 Å². The van der Waals surface area contributed by atoms with Gasteiger partial charge in [-0.25, -0.2) is 0 Å². The van der Waals surface area contributed by atoms with Crippen molar-refractivity contribution >= 4 is 14.1 Å². The molecule has 3 heteroatoms. The van der Waals surface area contributed by atoms with Gasteiger partial charge in [0.05, 0.1) is 0 Å². The Morgan fingerprint density at radius 3 is 2.45 bits per heavy atom. The summed E-state index contributed by atoms with van der Waals surface area (Å²) in [5, 5.41) is 0. The highest BCUT2D eigenvalue weighted by atomic mass is 28.4. The van der Waals surface area contributed by atoms with E-state index in [1.807, 2.05) is 0 Å². The maximum atomic E-state index is 12.5. The van der Waals surface area contributed by atoms with E-state index in [1.54, 1.807) is 0 Å². The van der Waals surface area contributed by atoms with Crippen molar-refractivity contribution in [1.82, 2.24) is 0 Å². The zero-order valence-corrected chi connectivity index (χ0v) is 15.2. The molecule has 0 saturated heterocycles. The van der Waals surface area contributed by atoms with E-state index in [0.717, 1.165) is 12.8 Å². The molecule has 3 atom stereocenters. The first-order valence-electron chi connectivity index (χ1n) is 8.23. The van der Waals surface area contributed by atoms with Crippen LogP contribution in [0.25, 0.3) is 0 Å². The van der Waals surface area contributed by atoms with Gasteiger partial charge in [0.2, 0.25) is 0 Å². The van der Waals surface area contributed by atoms with Gasteiger partial charge in [0.1, 0.15) is 5.78 Å². The Bertz CT molecular complexity index is 383. The molecule has 0 amide bonds. The zero-order valence-electron chi connectivity index (χ0n) is 14.2. The number of rotatable bonds is 3. The van der Waals surface area contributed by atoms with Gasteiger partial charge in [-0.3, -0.25) is 4.79 Å². The van der Waals surface area contributed by atoms with Crippen molar-refractivity contribution in [3.63, 3.8) is 0 Å². The molecule has 0 aromatic heterocycles. The van der Waals surface area contributed by atoms with Crippen LogP contribution in [-0.4, -0.2) is 20.7 Å². The molecule has 2 aliphatic carbocycles. The maximum Gasteiger partial charge on any atom is 0.183 e. The Hall–Kier alpha value is -0.153. The van der Waals surface area contributed by atoms with Crippen molar-refractivity contribution in [2.24, 2.45) is 22.7 Å². The number of fused-ring (bicyclic) bond motifs is 1. The number of carbonyl (C=O) groups excluding carboxylic acids is 1. The van der Waals surface area contributed by atoms with Gasteiger partial charge in [-0.15, -0.1) is 0 Å². The van der Waals surface area contributed by atoms with Crippen LogP contribution in [-0.2, 0) is 9.22 Å². The van der Waals surface area contributed by atoms with Gasteiger partial charge in [-0.05, 0) is 55.7 Å². The highest BCUT2D eigenvalue weighted by Crippen LogP contribution is 2.59. The van der Waals surface area contributed by atoms with Gasteiger partial charge < -0.3 is 4.43 Å². The molecule has 2 saturated carbocycles. The third-order valence-electron chi connectivity index (χ3n) is 5.82. The second-order valence-electron chi connectivity index (χ2n) is 8.88. The fourth-order valence-electron chi connectivity index (χ4n) is 4.75. The Morgan fingerprint density at radius 1 is 1.20 bits per heavy atom. The molecule has 116 valence electrons. The molecular formula is C17H32O2Si. The van der Waals surface area contributed by atoms with Crippen LogP contribution in [0.15, 0.2) is 0 Å². The highest BCUT2D eigenvalue weighted by molar-refractivity contribution is 6.69. The topological polar surface area (TPSA) is 26.3 Å². The normalized spacial score (nSPS) is 37.6. The molecule has 2 aliphatic rings. The van der Waals surface area contributed by atoms with Crippen molar-refractivity contribution in [2.75, 3.05) is 6.61 Å². The van der Waals surface area contributed by atoms with Crippen molar-refractivity contribution in [2.45, 2.75) is 72.5 Å². The number of hydrogen-bond acceptors (Lipinski definition) is 2. The molecular weight excluding hydrogens is 264 g/mol. The first kappa shape index (κ1) is 16.2. The summed E-state index contributed by atoms with van der Waals surface area (Å²) in [5.74, 6) is 1.27. The average Bonchev–Trinajstić information content (AvgIpc) is 2.24. The molecule has 0 spiro atoms. The summed E-state index contributed by atoms with van der Waals surface area (Å²) in [7, 11) is -1.55. The minimum atomic E-state index is -1.55. The summed E-state index contributed by atoms with van der Waals surface area (Å²) in [6, 6.07) is 0. The van der Waals surface area contributed by atoms with E-state index in [4.69, 9.17) is 4.43 Å². The van der Waals surface area contributed by atoms with Crippen LogP contribution >= 0.6 is 0 Å². The predicted octanol–water partition coefficient (Wildman–Crippen LogP) is 4.65. The van der Waals surface area contributed by atoms with Crippen LogP contribution in [0.3, 0.4) is 0 Å². The molecule has 0 aromatic carbocycles. The fourth-order valence-corrected chi connectivity index (χ4v) is 5.42. The van der Waals surface area contributed by atoms with E-state index < -0.39 is 8.32 Å². The first-order chi connectivity index (χ1) is 9.06. The summed E-state index contributed by atoms with van der Waals surface area (Å²) >= 11 is 0. The third kappa shape index (κ3) is 3.04. The van der Waals surface area contributed by atoms with E-state index in [1.165, 1.54) is 19.3 Å². The molecule has 0 N–H and O–H groups in total. The monoisotopic (exact) mass is 296 g/mol. The van der Waals surface area contributed by atoms with E-state index in [0.29, 0.717) is 23.7 Å². The molecule has 0 bridgehead atoms. The largest absolute Gasteiger partial charge is 0.417 e. The lowest BCUT2D eigenvalue weighted by Crippen LogP contribution is -2.53. The lowest BCUT2D eigenvalue weighted by molar-refractivity contribution is -0.145. The molecule has 0 radical (unpaired) electrons. The SMILES string of the molecule is CC1(C)CCC[C@]2(C)C(CO[Si](C)(C)C)C(=O)CCC12. The number of hydrogen-bond donors (Lipinski definition) is 0. The standard InChI is InChI=1S/C17H32O2Si/c1-16(2)10-7-11-17(3)13(12-19-20(4,5)6)14(18)8-9-15(16)17/h13,15H,7-12H2,1-6H3/t13?,15?,17-/m1/s1. The molecule has 2 rings (SSSR count). The Labute approximate surface area is 125 Å².